The van der Waals surface area contributed by atoms with Crippen molar-refractivity contribution in [3.63, 3.8) is 0 Å². The zero-order valence-corrected chi connectivity index (χ0v) is 14.6. The summed E-state index contributed by atoms with van der Waals surface area (Å²) in [6, 6.07) is 12.2. The standard InChI is InChI=1S/C20H21N5/c1-4-14(11-22-2)18-8-9-19(24-20(18)21)16-7-5-6-15(10-16)17-12-23-25(3)13-17/h4-13H,1-3H3,(H2,21,24)/b14-4+,22-11?. The fraction of sp³-hybridized carbons (Fsp3) is 0.150. The monoisotopic (exact) mass is 331 g/mol. The minimum absolute atomic E-state index is 0.497. The molecule has 0 spiro atoms. The van der Waals surface area contributed by atoms with Gasteiger partial charge in [-0.15, -0.1) is 0 Å². The molecule has 0 atom stereocenters. The van der Waals surface area contributed by atoms with Crippen LogP contribution < -0.4 is 5.73 Å². The number of hydrogen-bond acceptors (Lipinski definition) is 4. The highest BCUT2D eigenvalue weighted by molar-refractivity contribution is 6.11. The molecule has 0 aliphatic heterocycles. The number of allylic oxidation sites excluding steroid dienone is 2. The maximum atomic E-state index is 6.19. The number of aliphatic imine (C=N–C) groups is 1. The van der Waals surface area contributed by atoms with Gasteiger partial charge in [-0.3, -0.25) is 9.67 Å². The Morgan fingerprint density at radius 3 is 2.60 bits per heavy atom. The number of rotatable bonds is 4. The first kappa shape index (κ1) is 16.6. The Labute approximate surface area is 147 Å². The summed E-state index contributed by atoms with van der Waals surface area (Å²) in [7, 11) is 3.65. The lowest BCUT2D eigenvalue weighted by atomic mass is 10.0. The first-order valence-electron chi connectivity index (χ1n) is 8.07. The van der Waals surface area contributed by atoms with E-state index in [1.807, 2.05) is 56.7 Å². The van der Waals surface area contributed by atoms with Gasteiger partial charge in [0.05, 0.1) is 11.9 Å². The molecule has 0 aliphatic carbocycles. The molecule has 2 heterocycles. The van der Waals surface area contributed by atoms with Gasteiger partial charge in [-0.2, -0.15) is 5.10 Å². The van der Waals surface area contributed by atoms with Gasteiger partial charge in [-0.1, -0.05) is 24.3 Å². The summed E-state index contributed by atoms with van der Waals surface area (Å²) in [4.78, 5) is 8.66. The number of nitrogens with zero attached hydrogens (tertiary/aromatic N) is 4. The zero-order valence-electron chi connectivity index (χ0n) is 14.6. The molecule has 0 unspecified atom stereocenters. The predicted molar refractivity (Wildman–Crippen MR) is 104 cm³/mol. The summed E-state index contributed by atoms with van der Waals surface area (Å²) in [6.07, 6.45) is 7.61. The predicted octanol–water partition coefficient (Wildman–Crippen LogP) is 3.84. The van der Waals surface area contributed by atoms with Crippen molar-refractivity contribution in [1.29, 1.82) is 0 Å². The van der Waals surface area contributed by atoms with Gasteiger partial charge in [0.25, 0.3) is 0 Å². The Hall–Kier alpha value is -3.21. The average Bonchev–Trinajstić information content (AvgIpc) is 3.06. The lowest BCUT2D eigenvalue weighted by Crippen LogP contribution is -1.99. The van der Waals surface area contributed by atoms with Crippen LogP contribution in [0.4, 0.5) is 5.82 Å². The SMILES string of the molecule is C/C=C(\C=NC)c1ccc(-c2cccc(-c3cnn(C)c3)c2)nc1N. The molecule has 1 aromatic carbocycles. The van der Waals surface area contributed by atoms with Crippen LogP contribution in [0.2, 0.25) is 0 Å². The Morgan fingerprint density at radius 1 is 1.16 bits per heavy atom. The average molecular weight is 331 g/mol. The quantitative estimate of drug-likeness (QED) is 0.739. The van der Waals surface area contributed by atoms with Crippen LogP contribution in [-0.4, -0.2) is 28.0 Å². The summed E-state index contributed by atoms with van der Waals surface area (Å²) in [5.74, 6) is 0.497. The number of pyridine rings is 1. The molecule has 0 amide bonds. The van der Waals surface area contributed by atoms with Gasteiger partial charge in [0.15, 0.2) is 0 Å². The first-order chi connectivity index (χ1) is 12.1. The number of nitrogens with two attached hydrogens (primary N) is 1. The second-order valence-corrected chi connectivity index (χ2v) is 5.74. The minimum atomic E-state index is 0.497. The molecule has 0 saturated carbocycles. The third-order valence-electron chi connectivity index (χ3n) is 4.01. The Bertz CT molecular complexity index is 950. The van der Waals surface area contributed by atoms with Crippen LogP contribution in [0.3, 0.4) is 0 Å². The largest absolute Gasteiger partial charge is 0.383 e. The van der Waals surface area contributed by atoms with E-state index in [9.17, 15) is 0 Å². The number of benzene rings is 1. The van der Waals surface area contributed by atoms with Gasteiger partial charge >= 0.3 is 0 Å². The Kier molecular flexibility index (Phi) is 4.75. The number of nitrogen functional groups attached to an aromatic ring is 1. The van der Waals surface area contributed by atoms with Crippen molar-refractivity contribution in [1.82, 2.24) is 14.8 Å². The van der Waals surface area contributed by atoms with E-state index in [0.29, 0.717) is 5.82 Å². The van der Waals surface area contributed by atoms with E-state index in [1.165, 1.54) is 0 Å². The molecule has 0 saturated heterocycles. The molecular weight excluding hydrogens is 310 g/mol. The molecule has 5 heteroatoms. The molecular formula is C20H21N5. The van der Waals surface area contributed by atoms with Crippen molar-refractivity contribution >= 4 is 17.6 Å². The molecule has 0 fully saturated rings. The van der Waals surface area contributed by atoms with E-state index in [2.05, 4.69) is 27.2 Å². The molecule has 2 aromatic heterocycles. The third kappa shape index (κ3) is 3.50. The van der Waals surface area contributed by atoms with Crippen molar-refractivity contribution in [2.75, 3.05) is 12.8 Å². The van der Waals surface area contributed by atoms with Crippen molar-refractivity contribution in [3.05, 3.63) is 60.4 Å². The molecule has 126 valence electrons. The zero-order chi connectivity index (χ0) is 17.8. The number of hydrogen-bond donors (Lipinski definition) is 1. The summed E-state index contributed by atoms with van der Waals surface area (Å²) >= 11 is 0. The summed E-state index contributed by atoms with van der Waals surface area (Å²) < 4.78 is 1.79. The third-order valence-corrected chi connectivity index (χ3v) is 4.01. The van der Waals surface area contributed by atoms with Gasteiger partial charge in [-0.05, 0) is 36.3 Å². The van der Waals surface area contributed by atoms with E-state index in [4.69, 9.17) is 5.73 Å². The van der Waals surface area contributed by atoms with Gasteiger partial charge in [-0.25, -0.2) is 4.98 Å². The summed E-state index contributed by atoms with van der Waals surface area (Å²) in [6.45, 7) is 1.96. The van der Waals surface area contributed by atoms with Crippen LogP contribution in [0.1, 0.15) is 12.5 Å². The van der Waals surface area contributed by atoms with Crippen LogP contribution in [-0.2, 0) is 7.05 Å². The van der Waals surface area contributed by atoms with Crippen LogP contribution in [0.5, 0.6) is 0 Å². The van der Waals surface area contributed by atoms with Gasteiger partial charge in [0.1, 0.15) is 5.82 Å². The van der Waals surface area contributed by atoms with Gasteiger partial charge < -0.3 is 5.73 Å². The number of aryl methyl sites for hydroxylation is 1. The van der Waals surface area contributed by atoms with E-state index < -0.39 is 0 Å². The van der Waals surface area contributed by atoms with E-state index in [1.54, 1.807) is 17.9 Å². The number of aromatic nitrogens is 3. The summed E-state index contributed by atoms with van der Waals surface area (Å²) in [5, 5.41) is 4.23. The topological polar surface area (TPSA) is 69.1 Å². The molecule has 0 aliphatic rings. The summed E-state index contributed by atoms with van der Waals surface area (Å²) in [5.41, 5.74) is 12.1. The lowest BCUT2D eigenvalue weighted by molar-refractivity contribution is 0.768. The highest BCUT2D eigenvalue weighted by Gasteiger charge is 2.09. The molecule has 0 radical (unpaired) electrons. The molecule has 25 heavy (non-hydrogen) atoms. The Morgan fingerprint density at radius 2 is 1.96 bits per heavy atom. The van der Waals surface area contributed by atoms with E-state index >= 15 is 0 Å². The van der Waals surface area contributed by atoms with E-state index in [-0.39, 0.29) is 0 Å². The molecule has 2 N–H and O–H groups in total. The second kappa shape index (κ2) is 7.13. The van der Waals surface area contributed by atoms with Crippen LogP contribution in [0.25, 0.3) is 28.0 Å². The van der Waals surface area contributed by atoms with Crippen molar-refractivity contribution in [3.8, 4) is 22.4 Å². The van der Waals surface area contributed by atoms with Crippen LogP contribution in [0.15, 0.2) is 59.9 Å². The molecule has 3 aromatic rings. The molecule has 0 bridgehead atoms. The highest BCUT2D eigenvalue weighted by atomic mass is 15.2. The van der Waals surface area contributed by atoms with E-state index in [0.717, 1.165) is 33.5 Å². The van der Waals surface area contributed by atoms with Crippen molar-refractivity contribution in [2.45, 2.75) is 6.92 Å². The lowest BCUT2D eigenvalue weighted by Gasteiger charge is -2.09. The fourth-order valence-corrected chi connectivity index (χ4v) is 2.75. The maximum Gasteiger partial charge on any atom is 0.132 e. The molecule has 5 nitrogen and oxygen atoms in total. The molecule has 3 rings (SSSR count). The van der Waals surface area contributed by atoms with Gasteiger partial charge in [0, 0.05) is 43.2 Å². The smallest absolute Gasteiger partial charge is 0.132 e. The van der Waals surface area contributed by atoms with Gasteiger partial charge in [0.2, 0.25) is 0 Å². The van der Waals surface area contributed by atoms with Crippen LogP contribution >= 0.6 is 0 Å². The maximum absolute atomic E-state index is 6.19. The first-order valence-corrected chi connectivity index (χ1v) is 8.07. The van der Waals surface area contributed by atoms with Crippen LogP contribution in [0, 0.1) is 0 Å². The Balaban J connectivity index is 1.99. The van der Waals surface area contributed by atoms with Crippen molar-refractivity contribution in [2.24, 2.45) is 12.0 Å². The normalized spacial score (nSPS) is 12.0. The minimum Gasteiger partial charge on any atom is -0.383 e. The highest BCUT2D eigenvalue weighted by Crippen LogP contribution is 2.27. The second-order valence-electron chi connectivity index (χ2n) is 5.74. The fourth-order valence-electron chi connectivity index (χ4n) is 2.75. The number of anilines is 1. The van der Waals surface area contributed by atoms with Crippen molar-refractivity contribution < 1.29 is 0 Å².